The van der Waals surface area contributed by atoms with Crippen molar-refractivity contribution in [3.63, 3.8) is 0 Å². The zero-order chi connectivity index (χ0) is 45.2. The molecular weight excluding hydrogens is 863 g/mol. The molecule has 0 atom stereocenters. The van der Waals surface area contributed by atoms with Crippen molar-refractivity contribution in [2.45, 2.75) is 12.8 Å². The van der Waals surface area contributed by atoms with Crippen LogP contribution < -0.4 is 0 Å². The molecule has 0 aliphatic heterocycles. The number of benzene rings is 10. The van der Waals surface area contributed by atoms with Gasteiger partial charge in [-0.15, -0.1) is 11.3 Å². The first-order valence-electron chi connectivity index (χ1n) is 23.5. The fourth-order valence-electron chi connectivity index (χ4n) is 11.1. The summed E-state index contributed by atoms with van der Waals surface area (Å²) in [5.41, 5.74) is 13.0. The molecule has 14 aromatic rings. The van der Waals surface area contributed by atoms with Gasteiger partial charge in [-0.25, -0.2) is 15.0 Å². The van der Waals surface area contributed by atoms with Gasteiger partial charge in [0.25, 0.3) is 0 Å². The van der Waals surface area contributed by atoms with Crippen molar-refractivity contribution in [2.24, 2.45) is 0 Å². The highest BCUT2D eigenvalue weighted by Crippen LogP contribution is 2.48. The summed E-state index contributed by atoms with van der Waals surface area (Å²) in [5, 5.41) is 11.4. The van der Waals surface area contributed by atoms with Crippen molar-refractivity contribution in [3.8, 4) is 56.4 Å². The summed E-state index contributed by atoms with van der Waals surface area (Å²) in [4.78, 5) is 16.2. The van der Waals surface area contributed by atoms with Gasteiger partial charge in [-0.1, -0.05) is 164 Å². The summed E-state index contributed by atoms with van der Waals surface area (Å²) < 4.78 is 16.1. The molecule has 69 heavy (non-hydrogen) atoms. The highest BCUT2D eigenvalue weighted by Gasteiger charge is 2.24. The number of rotatable bonds is 5. The molecule has 0 fully saturated rings. The SMILES string of the molecule is C1=Cc2c(-c3nc(-c4cccc5c(-c6ccc(-c7cccc8c7sc7ccccc78)c7oc8ccccc8c67)cccc45)nc(-c4cccc5c4oc4ccccc45)n3)cc3ccccc3c2CC1. The van der Waals surface area contributed by atoms with E-state index in [1.807, 2.05) is 23.5 Å². The second-order valence-electron chi connectivity index (χ2n) is 18.0. The summed E-state index contributed by atoms with van der Waals surface area (Å²) >= 11 is 1.84. The van der Waals surface area contributed by atoms with Crippen LogP contribution in [-0.4, -0.2) is 15.0 Å². The molecule has 4 heterocycles. The molecule has 0 saturated heterocycles. The molecule has 1 aliphatic rings. The Bertz CT molecular complexity index is 4510. The van der Waals surface area contributed by atoms with Crippen LogP contribution in [0.15, 0.2) is 203 Å². The number of nitrogens with zero attached hydrogens (tertiary/aromatic N) is 3. The van der Waals surface area contributed by atoms with Crippen LogP contribution in [-0.2, 0) is 6.42 Å². The maximum atomic E-state index is 6.92. The fraction of sp³-hybridized carbons (Fsp3) is 0.0317. The lowest BCUT2D eigenvalue weighted by Gasteiger charge is -2.19. The van der Waals surface area contributed by atoms with Gasteiger partial charge in [0.15, 0.2) is 17.5 Å². The topological polar surface area (TPSA) is 65.0 Å². The molecule has 0 radical (unpaired) electrons. The molecule has 322 valence electrons. The van der Waals surface area contributed by atoms with E-state index in [9.17, 15) is 0 Å². The Hall–Kier alpha value is -8.71. The molecule has 0 unspecified atom stereocenters. The first-order chi connectivity index (χ1) is 34.2. The Kier molecular flexibility index (Phi) is 8.29. The van der Waals surface area contributed by atoms with Gasteiger partial charge in [0.2, 0.25) is 0 Å². The Labute approximate surface area is 399 Å². The van der Waals surface area contributed by atoms with Crippen LogP contribution in [0.1, 0.15) is 17.5 Å². The highest BCUT2D eigenvalue weighted by molar-refractivity contribution is 7.26. The van der Waals surface area contributed by atoms with Gasteiger partial charge in [0.1, 0.15) is 22.3 Å². The molecule has 6 heteroatoms. The molecule has 0 saturated carbocycles. The van der Waals surface area contributed by atoms with E-state index in [0.29, 0.717) is 17.5 Å². The first kappa shape index (κ1) is 38.4. The minimum Gasteiger partial charge on any atom is -0.455 e. The third-order valence-corrected chi connectivity index (χ3v) is 15.5. The lowest BCUT2D eigenvalue weighted by Crippen LogP contribution is -2.04. The summed E-state index contributed by atoms with van der Waals surface area (Å²) in [6.45, 7) is 0. The molecule has 4 aromatic heterocycles. The number of hydrogen-bond acceptors (Lipinski definition) is 6. The van der Waals surface area contributed by atoms with E-state index >= 15 is 0 Å². The molecule has 0 spiro atoms. The maximum Gasteiger partial charge on any atom is 0.167 e. The number of para-hydroxylation sites is 3. The van der Waals surface area contributed by atoms with E-state index in [4.69, 9.17) is 23.8 Å². The van der Waals surface area contributed by atoms with Crippen molar-refractivity contribution in [2.75, 3.05) is 0 Å². The maximum absolute atomic E-state index is 6.92. The van der Waals surface area contributed by atoms with Crippen LogP contribution in [0, 0.1) is 0 Å². The second-order valence-corrected chi connectivity index (χ2v) is 19.1. The first-order valence-corrected chi connectivity index (χ1v) is 24.3. The number of thiophene rings is 1. The van der Waals surface area contributed by atoms with Crippen molar-refractivity contribution >= 4 is 103 Å². The van der Waals surface area contributed by atoms with Gasteiger partial charge < -0.3 is 8.83 Å². The normalized spacial score (nSPS) is 12.8. The van der Waals surface area contributed by atoms with E-state index in [1.54, 1.807) is 0 Å². The summed E-state index contributed by atoms with van der Waals surface area (Å²) in [7, 11) is 0. The monoisotopic (exact) mass is 899 g/mol. The summed E-state index contributed by atoms with van der Waals surface area (Å²) in [6.07, 6.45) is 6.47. The Balaban J connectivity index is 0.967. The Morgan fingerprint density at radius 3 is 1.81 bits per heavy atom. The van der Waals surface area contributed by atoms with Gasteiger partial charge in [-0.2, -0.15) is 0 Å². The van der Waals surface area contributed by atoms with Crippen LogP contribution in [0.2, 0.25) is 0 Å². The Morgan fingerprint density at radius 1 is 0.391 bits per heavy atom. The quantitative estimate of drug-likeness (QED) is 0.172. The molecule has 0 N–H and O–H groups in total. The minimum absolute atomic E-state index is 0.560. The summed E-state index contributed by atoms with van der Waals surface area (Å²) in [6, 6.07) is 66.7. The van der Waals surface area contributed by atoms with E-state index in [0.717, 1.165) is 106 Å². The second kappa shape index (κ2) is 14.9. The predicted octanol–water partition coefficient (Wildman–Crippen LogP) is 17.6. The molecule has 10 aromatic carbocycles. The number of aromatic nitrogens is 3. The average molecular weight is 900 g/mol. The van der Waals surface area contributed by atoms with Crippen LogP contribution in [0.4, 0.5) is 0 Å². The van der Waals surface area contributed by atoms with Crippen LogP contribution in [0.3, 0.4) is 0 Å². The average Bonchev–Trinajstić information content (AvgIpc) is 4.12. The van der Waals surface area contributed by atoms with Crippen LogP contribution in [0.5, 0.6) is 0 Å². The molecular formula is C63H37N3O2S. The van der Waals surface area contributed by atoms with Gasteiger partial charge in [-0.05, 0) is 93.0 Å². The van der Waals surface area contributed by atoms with Crippen LogP contribution in [0.25, 0.3) is 148 Å². The number of furan rings is 2. The predicted molar refractivity (Wildman–Crippen MR) is 287 cm³/mol. The van der Waals surface area contributed by atoms with E-state index < -0.39 is 0 Å². The van der Waals surface area contributed by atoms with Gasteiger partial charge in [-0.3, -0.25) is 0 Å². The van der Waals surface area contributed by atoms with Crippen molar-refractivity contribution < 1.29 is 8.83 Å². The van der Waals surface area contributed by atoms with E-state index in [-0.39, 0.29) is 0 Å². The molecule has 0 amide bonds. The molecule has 1 aliphatic carbocycles. The zero-order valence-corrected chi connectivity index (χ0v) is 37.8. The number of hydrogen-bond donors (Lipinski definition) is 0. The molecule has 15 rings (SSSR count). The smallest absolute Gasteiger partial charge is 0.167 e. The standard InChI is InChI=1S/C63H37N3O2S/c1-2-16-37-36(15-1)35-53(42-18-4-3-17-38(37)42)63-65-61(64-62(66-63)52-29-13-25-46-43-19-5-8-30-54(43)67-58(46)52)50-28-12-22-39-40(23-11-24-41(39)50)45-33-34-47(59-57(45)51-21-6-9-31-55(51)68-59)49-27-14-26-48-44-20-7-10-32-56(44)69-60(48)49/h1-2,4-16,18-35H,3,17H2. The van der Waals surface area contributed by atoms with Crippen molar-refractivity contribution in [1.29, 1.82) is 0 Å². The Morgan fingerprint density at radius 2 is 0.971 bits per heavy atom. The fourth-order valence-corrected chi connectivity index (χ4v) is 12.4. The van der Waals surface area contributed by atoms with E-state index in [1.165, 1.54) is 42.1 Å². The zero-order valence-electron chi connectivity index (χ0n) is 37.0. The minimum atomic E-state index is 0.560. The van der Waals surface area contributed by atoms with Crippen molar-refractivity contribution in [1.82, 2.24) is 15.0 Å². The number of fused-ring (bicyclic) bond motifs is 13. The molecule has 5 nitrogen and oxygen atoms in total. The van der Waals surface area contributed by atoms with Crippen molar-refractivity contribution in [3.05, 3.63) is 205 Å². The summed E-state index contributed by atoms with van der Waals surface area (Å²) in [5.74, 6) is 1.78. The van der Waals surface area contributed by atoms with Gasteiger partial charge in [0.05, 0.1) is 5.56 Å². The molecule has 0 bridgehead atoms. The van der Waals surface area contributed by atoms with Crippen LogP contribution >= 0.6 is 11.3 Å². The number of aryl methyl sites for hydroxylation is 1. The van der Waals surface area contributed by atoms with Gasteiger partial charge >= 0.3 is 0 Å². The lowest BCUT2D eigenvalue weighted by molar-refractivity contribution is 0.669. The lowest BCUT2D eigenvalue weighted by atomic mass is 9.88. The third kappa shape index (κ3) is 5.79. The third-order valence-electron chi connectivity index (χ3n) is 14.2. The number of allylic oxidation sites excluding steroid dienone is 1. The van der Waals surface area contributed by atoms with Gasteiger partial charge in [0, 0.05) is 64.0 Å². The van der Waals surface area contributed by atoms with E-state index in [2.05, 4.69) is 188 Å². The largest absolute Gasteiger partial charge is 0.455 e. The highest BCUT2D eigenvalue weighted by atomic mass is 32.1.